The van der Waals surface area contributed by atoms with E-state index in [-0.39, 0.29) is 12.1 Å². The Morgan fingerprint density at radius 2 is 0.600 bits per heavy atom. The fourth-order valence-corrected chi connectivity index (χ4v) is 12.1. The molecule has 0 fully saturated rings. The van der Waals surface area contributed by atoms with Gasteiger partial charge in [0.2, 0.25) is 0 Å². The average molecular weight is 1000 g/mol. The highest BCUT2D eigenvalue weighted by Gasteiger charge is 2.47. The van der Waals surface area contributed by atoms with E-state index in [1.54, 1.807) is 0 Å². The van der Waals surface area contributed by atoms with Crippen molar-refractivity contribution in [3.05, 3.63) is 270 Å². The number of hydrogen-bond donors (Lipinski definition) is 0. The molecule has 5 heteroatoms. The maximum atomic E-state index is 7.83. The van der Waals surface area contributed by atoms with Gasteiger partial charge in [-0.15, -0.1) is 0 Å². The van der Waals surface area contributed by atoms with Crippen LogP contribution in [-0.2, 0) is 5.41 Å². The summed E-state index contributed by atoms with van der Waals surface area (Å²) in [5.41, 5.74) is 23.8. The van der Waals surface area contributed by atoms with Gasteiger partial charge in [-0.05, 0) is 120 Å². The van der Waals surface area contributed by atoms with Gasteiger partial charge in [-0.1, -0.05) is 250 Å². The average Bonchev–Trinajstić information content (AvgIpc) is 3.51. The lowest BCUT2D eigenvalue weighted by Gasteiger charge is -2.47. The number of para-hydroxylation sites is 2. The van der Waals surface area contributed by atoms with Crippen LogP contribution in [0, 0.1) is 0 Å². The molecule has 2 nitrogen and oxygen atoms in total. The van der Waals surface area contributed by atoms with E-state index < -0.39 is 0 Å². The molecule has 0 amide bonds. The first-order valence-corrected chi connectivity index (χ1v) is 26.5. The number of fused-ring (bicyclic) bond motifs is 4. The predicted molar refractivity (Wildman–Crippen MR) is 322 cm³/mol. The predicted octanol–water partition coefficient (Wildman–Crippen LogP) is 18.4. The number of halogens is 2. The minimum Gasteiger partial charge on any atom is -0.309 e. The maximum absolute atomic E-state index is 7.83. The monoisotopic (exact) mass is 1000 g/mol. The normalized spacial score (nSPS) is 12.5. The molecule has 11 aromatic rings. The van der Waals surface area contributed by atoms with Gasteiger partial charge < -0.3 is 9.80 Å². The minimum atomic E-state index is -0.288. The summed E-state index contributed by atoms with van der Waals surface area (Å²) in [4.78, 5) is 5.04. The zero-order valence-corrected chi connectivity index (χ0v) is 43.5. The Hall–Kier alpha value is -8.34. The molecule has 0 aromatic heterocycles. The van der Waals surface area contributed by atoms with Crippen molar-refractivity contribution < 1.29 is 0 Å². The van der Waals surface area contributed by atoms with Gasteiger partial charge in [0.25, 0.3) is 6.71 Å². The van der Waals surface area contributed by atoms with Crippen LogP contribution >= 0.6 is 23.2 Å². The molecular weight excluding hydrogens is 951 g/mol. The number of rotatable bonds is 8. The number of hydrogen-bond acceptors (Lipinski definition) is 2. The second-order valence-electron chi connectivity index (χ2n) is 20.7. The summed E-state index contributed by atoms with van der Waals surface area (Å²) in [6.45, 7) is 6.73. The molecule has 0 unspecified atom stereocenters. The molecule has 2 aliphatic heterocycles. The third kappa shape index (κ3) is 8.06. The quantitative estimate of drug-likeness (QED) is 0.140. The summed E-state index contributed by atoms with van der Waals surface area (Å²) in [5, 5.41) is 1.34. The summed E-state index contributed by atoms with van der Waals surface area (Å²) >= 11 is 15.7. The highest BCUT2D eigenvalue weighted by Crippen LogP contribution is 2.56. The van der Waals surface area contributed by atoms with Crippen LogP contribution in [0.25, 0.3) is 66.8 Å². The second kappa shape index (κ2) is 18.9. The lowest BCUT2D eigenvalue weighted by Crippen LogP contribution is -2.61. The van der Waals surface area contributed by atoms with Gasteiger partial charge in [-0.2, -0.15) is 0 Å². The van der Waals surface area contributed by atoms with Crippen molar-refractivity contribution in [3.63, 3.8) is 0 Å². The van der Waals surface area contributed by atoms with Crippen LogP contribution in [0.1, 0.15) is 26.3 Å². The molecule has 0 saturated carbocycles. The Balaban J connectivity index is 1.21. The van der Waals surface area contributed by atoms with Crippen molar-refractivity contribution in [2.75, 3.05) is 9.80 Å². The standard InChI is InChI=1S/C70H51BCl2N2/c1-70(2,3)54-44-63-65-64(45-54)75(67-57(50-32-18-8-19-33-50)42-53(47-26-12-5-13-27-47)43-58(67)51-34-20-9-21-35-51)69-60(37-23-39-62(69)73)71(65)59-36-22-38-61(72)68(59)74(63)66-55(48-28-14-6-15-29-48)40-52(46-24-10-4-11-25-46)41-56(66)49-30-16-7-17-31-49/h4-45H,1-3H3. The molecule has 0 radical (unpaired) electrons. The van der Waals surface area contributed by atoms with Crippen LogP contribution in [0.2, 0.25) is 10.0 Å². The minimum absolute atomic E-state index is 0.230. The van der Waals surface area contributed by atoms with Gasteiger partial charge in [-0.25, -0.2) is 0 Å². The lowest BCUT2D eigenvalue weighted by molar-refractivity contribution is 0.590. The Labute approximate surface area is 450 Å². The molecular formula is C70H51BCl2N2. The molecule has 0 aliphatic carbocycles. The number of benzene rings is 11. The van der Waals surface area contributed by atoms with Crippen LogP contribution < -0.4 is 26.2 Å². The largest absolute Gasteiger partial charge is 0.309 e. The van der Waals surface area contributed by atoms with Gasteiger partial charge in [0.1, 0.15) is 0 Å². The van der Waals surface area contributed by atoms with E-state index in [1.807, 2.05) is 0 Å². The van der Waals surface area contributed by atoms with Crippen molar-refractivity contribution in [3.8, 4) is 66.8 Å². The van der Waals surface area contributed by atoms with Crippen LogP contribution in [0.3, 0.4) is 0 Å². The Bertz CT molecular complexity index is 3560. The van der Waals surface area contributed by atoms with E-state index in [1.165, 1.54) is 11.0 Å². The molecule has 358 valence electrons. The molecule has 0 N–H and O–H groups in total. The smallest absolute Gasteiger partial charge is 0.252 e. The van der Waals surface area contributed by atoms with Crippen molar-refractivity contribution >= 4 is 80.4 Å². The van der Waals surface area contributed by atoms with Crippen molar-refractivity contribution in [1.29, 1.82) is 0 Å². The van der Waals surface area contributed by atoms with Gasteiger partial charge in [0.15, 0.2) is 0 Å². The van der Waals surface area contributed by atoms with E-state index in [0.717, 1.165) is 112 Å². The molecule has 0 spiro atoms. The van der Waals surface area contributed by atoms with E-state index in [2.05, 4.69) is 285 Å². The molecule has 13 rings (SSSR count). The highest BCUT2D eigenvalue weighted by atomic mass is 35.5. The summed E-state index contributed by atoms with van der Waals surface area (Å²) < 4.78 is 0. The first-order valence-electron chi connectivity index (χ1n) is 25.8. The number of anilines is 6. The van der Waals surface area contributed by atoms with Gasteiger partial charge in [0, 0.05) is 33.6 Å². The zero-order chi connectivity index (χ0) is 50.8. The molecule has 0 bridgehead atoms. The molecule has 0 saturated heterocycles. The Morgan fingerprint density at radius 1 is 0.307 bits per heavy atom. The summed E-state index contributed by atoms with van der Waals surface area (Å²) in [6.07, 6.45) is 0. The third-order valence-corrected chi connectivity index (χ3v) is 15.7. The van der Waals surface area contributed by atoms with E-state index in [9.17, 15) is 0 Å². The third-order valence-electron chi connectivity index (χ3n) is 15.1. The Morgan fingerprint density at radius 3 is 0.893 bits per heavy atom. The number of nitrogens with zero attached hydrogens (tertiary/aromatic N) is 2. The van der Waals surface area contributed by atoms with Crippen molar-refractivity contribution in [1.82, 2.24) is 0 Å². The first-order chi connectivity index (χ1) is 36.7. The van der Waals surface area contributed by atoms with E-state index >= 15 is 0 Å². The van der Waals surface area contributed by atoms with Gasteiger partial charge in [0.05, 0.1) is 32.8 Å². The first kappa shape index (κ1) is 46.5. The van der Waals surface area contributed by atoms with Crippen LogP contribution in [0.4, 0.5) is 34.1 Å². The summed E-state index contributed by atoms with van der Waals surface area (Å²) in [5.74, 6) is 0. The highest BCUT2D eigenvalue weighted by molar-refractivity contribution is 7.00. The molecule has 11 aromatic carbocycles. The molecule has 0 atom stereocenters. The van der Waals surface area contributed by atoms with Gasteiger partial charge in [-0.3, -0.25) is 0 Å². The van der Waals surface area contributed by atoms with E-state index in [4.69, 9.17) is 23.2 Å². The molecule has 75 heavy (non-hydrogen) atoms. The fourth-order valence-electron chi connectivity index (χ4n) is 11.6. The maximum Gasteiger partial charge on any atom is 0.252 e. The Kier molecular flexibility index (Phi) is 11.7. The van der Waals surface area contributed by atoms with Crippen molar-refractivity contribution in [2.24, 2.45) is 0 Å². The SMILES string of the molecule is CC(C)(C)c1cc2c3c(c1)N(c1c(-c4ccccc4)cc(-c4ccccc4)cc1-c1ccccc1)c1c(Cl)cccc1B3c1cccc(Cl)c1N2c1c(-c2ccccc2)cc(-c2ccccc2)cc1-c1ccccc1. The summed E-state index contributed by atoms with van der Waals surface area (Å²) in [7, 11) is 0. The van der Waals surface area contributed by atoms with Crippen LogP contribution in [0.15, 0.2) is 255 Å². The lowest BCUT2D eigenvalue weighted by atomic mass is 9.33. The zero-order valence-electron chi connectivity index (χ0n) is 42.0. The van der Waals surface area contributed by atoms with E-state index in [0.29, 0.717) is 10.0 Å². The van der Waals surface area contributed by atoms with Gasteiger partial charge >= 0.3 is 0 Å². The second-order valence-corrected chi connectivity index (χ2v) is 21.5. The van der Waals surface area contributed by atoms with Crippen molar-refractivity contribution in [2.45, 2.75) is 26.2 Å². The molecule has 2 aliphatic rings. The molecule has 2 heterocycles. The van der Waals surface area contributed by atoms with Crippen LogP contribution in [-0.4, -0.2) is 6.71 Å². The fraction of sp³-hybridized carbons (Fsp3) is 0.0571. The van der Waals surface area contributed by atoms with Crippen LogP contribution in [0.5, 0.6) is 0 Å². The topological polar surface area (TPSA) is 6.48 Å². The summed E-state index contributed by atoms with van der Waals surface area (Å²) in [6, 6.07) is 92.2.